The molecule has 1 saturated heterocycles. The molecule has 1 heterocycles. The molecular formula is C10H17NO6S. The van der Waals surface area contributed by atoms with Gasteiger partial charge in [-0.1, -0.05) is 0 Å². The van der Waals surface area contributed by atoms with Crippen LogP contribution in [0.3, 0.4) is 0 Å². The van der Waals surface area contributed by atoms with Crippen LogP contribution in [0.2, 0.25) is 0 Å². The zero-order valence-electron chi connectivity index (χ0n) is 10.3. The van der Waals surface area contributed by atoms with Crippen molar-refractivity contribution in [2.75, 3.05) is 18.1 Å². The number of carboxylic acids is 1. The lowest BCUT2D eigenvalue weighted by Gasteiger charge is -2.24. The van der Waals surface area contributed by atoms with Crippen LogP contribution in [-0.4, -0.2) is 55.2 Å². The highest BCUT2D eigenvalue weighted by atomic mass is 32.2. The first-order valence-corrected chi connectivity index (χ1v) is 7.31. The summed E-state index contributed by atoms with van der Waals surface area (Å²) in [4.78, 5) is 22.0. The Labute approximate surface area is 105 Å². The highest BCUT2D eigenvalue weighted by Crippen LogP contribution is 2.22. The molecule has 1 aliphatic rings. The van der Waals surface area contributed by atoms with Gasteiger partial charge in [-0.15, -0.1) is 0 Å². The van der Waals surface area contributed by atoms with Gasteiger partial charge in [0.25, 0.3) is 0 Å². The maximum atomic E-state index is 11.5. The van der Waals surface area contributed by atoms with Gasteiger partial charge in [0.1, 0.15) is 6.61 Å². The molecule has 1 rings (SSSR count). The fraction of sp³-hybridized carbons (Fsp3) is 0.800. The van der Waals surface area contributed by atoms with E-state index in [1.807, 2.05) is 0 Å². The van der Waals surface area contributed by atoms with Crippen molar-refractivity contribution in [2.45, 2.75) is 31.9 Å². The summed E-state index contributed by atoms with van der Waals surface area (Å²) in [6.45, 7) is 2.57. The molecule has 1 amide bonds. The second kappa shape index (κ2) is 5.23. The van der Waals surface area contributed by atoms with Gasteiger partial charge in [0.2, 0.25) is 5.91 Å². The molecule has 0 radical (unpaired) electrons. The summed E-state index contributed by atoms with van der Waals surface area (Å²) in [5.41, 5.74) is -0.786. The average Bonchev–Trinajstić information content (AvgIpc) is 2.49. The van der Waals surface area contributed by atoms with Crippen molar-refractivity contribution in [2.24, 2.45) is 0 Å². The SMILES string of the molecule is C[C@H](OCC(=O)NC1(C)CCS(=O)(=O)C1)C(=O)O. The van der Waals surface area contributed by atoms with Crippen LogP contribution in [0, 0.1) is 0 Å². The molecule has 0 saturated carbocycles. The van der Waals surface area contributed by atoms with E-state index in [2.05, 4.69) is 5.32 Å². The van der Waals surface area contributed by atoms with E-state index in [0.717, 1.165) is 0 Å². The van der Waals surface area contributed by atoms with Crippen LogP contribution in [0.1, 0.15) is 20.3 Å². The lowest BCUT2D eigenvalue weighted by Crippen LogP contribution is -2.48. The van der Waals surface area contributed by atoms with Gasteiger partial charge in [0.15, 0.2) is 15.9 Å². The highest BCUT2D eigenvalue weighted by molar-refractivity contribution is 7.91. The molecule has 0 aromatic carbocycles. The number of ether oxygens (including phenoxy) is 1. The summed E-state index contributed by atoms with van der Waals surface area (Å²) >= 11 is 0. The number of aliphatic carboxylic acids is 1. The van der Waals surface area contributed by atoms with Crippen molar-refractivity contribution in [1.29, 1.82) is 0 Å². The van der Waals surface area contributed by atoms with E-state index in [9.17, 15) is 18.0 Å². The highest BCUT2D eigenvalue weighted by Gasteiger charge is 2.39. The first kappa shape index (κ1) is 14.9. The minimum absolute atomic E-state index is 0.0518. The molecule has 8 heteroatoms. The Morgan fingerprint density at radius 3 is 2.56 bits per heavy atom. The third kappa shape index (κ3) is 4.26. The van der Waals surface area contributed by atoms with E-state index >= 15 is 0 Å². The first-order valence-electron chi connectivity index (χ1n) is 5.49. The van der Waals surface area contributed by atoms with Gasteiger partial charge in [-0.3, -0.25) is 4.79 Å². The van der Waals surface area contributed by atoms with Crippen molar-refractivity contribution in [3.8, 4) is 0 Å². The van der Waals surface area contributed by atoms with Crippen LogP contribution >= 0.6 is 0 Å². The van der Waals surface area contributed by atoms with Crippen LogP contribution in [0.25, 0.3) is 0 Å². The predicted molar refractivity (Wildman–Crippen MR) is 62.9 cm³/mol. The third-order valence-electron chi connectivity index (χ3n) is 2.76. The fourth-order valence-corrected chi connectivity index (χ4v) is 3.85. The molecule has 0 spiro atoms. The molecule has 1 fully saturated rings. The van der Waals surface area contributed by atoms with Gasteiger partial charge in [-0.2, -0.15) is 0 Å². The van der Waals surface area contributed by atoms with Gasteiger partial charge in [-0.25, -0.2) is 13.2 Å². The Kier molecular flexibility index (Phi) is 4.33. The van der Waals surface area contributed by atoms with E-state index in [-0.39, 0.29) is 11.5 Å². The summed E-state index contributed by atoms with van der Waals surface area (Å²) in [6.07, 6.45) is -0.717. The Bertz CT molecular complexity index is 445. The largest absolute Gasteiger partial charge is 0.479 e. The number of hydrogen-bond acceptors (Lipinski definition) is 5. The second-order valence-electron chi connectivity index (χ2n) is 4.74. The van der Waals surface area contributed by atoms with E-state index in [0.29, 0.717) is 6.42 Å². The summed E-state index contributed by atoms with van der Waals surface area (Å²) in [6, 6.07) is 0. The molecule has 0 aromatic rings. The molecule has 1 aliphatic heterocycles. The molecule has 104 valence electrons. The van der Waals surface area contributed by atoms with Crippen LogP contribution in [-0.2, 0) is 24.2 Å². The van der Waals surface area contributed by atoms with E-state index in [4.69, 9.17) is 9.84 Å². The quantitative estimate of drug-likeness (QED) is 0.679. The van der Waals surface area contributed by atoms with E-state index in [1.165, 1.54) is 6.92 Å². The number of amides is 1. The summed E-state index contributed by atoms with van der Waals surface area (Å²) in [5.74, 6) is -1.71. The standard InChI is InChI=1S/C10H17NO6S/c1-7(9(13)14)17-5-8(12)11-10(2)3-4-18(15,16)6-10/h7H,3-6H2,1-2H3,(H,11,12)(H,13,14)/t7-,10?/m0/s1. The van der Waals surface area contributed by atoms with Crippen molar-refractivity contribution >= 4 is 21.7 Å². The topological polar surface area (TPSA) is 110 Å². The van der Waals surface area contributed by atoms with Crippen molar-refractivity contribution in [1.82, 2.24) is 5.32 Å². The smallest absolute Gasteiger partial charge is 0.332 e. The zero-order valence-corrected chi connectivity index (χ0v) is 11.1. The number of rotatable bonds is 5. The monoisotopic (exact) mass is 279 g/mol. The number of nitrogens with one attached hydrogen (secondary N) is 1. The minimum atomic E-state index is -3.09. The van der Waals surface area contributed by atoms with Crippen LogP contribution in [0.15, 0.2) is 0 Å². The molecule has 0 aliphatic carbocycles. The fourth-order valence-electron chi connectivity index (χ4n) is 1.75. The van der Waals surface area contributed by atoms with Crippen LogP contribution in [0.5, 0.6) is 0 Å². The zero-order chi connectivity index (χ0) is 14.0. The normalized spacial score (nSPS) is 27.7. The molecule has 0 aromatic heterocycles. The molecular weight excluding hydrogens is 262 g/mol. The number of carbonyl (C=O) groups is 2. The predicted octanol–water partition coefficient (Wildman–Crippen LogP) is -0.830. The lowest BCUT2D eigenvalue weighted by atomic mass is 10.0. The molecule has 2 atom stereocenters. The summed E-state index contributed by atoms with van der Waals surface area (Å²) < 4.78 is 27.5. The number of sulfone groups is 1. The number of carbonyl (C=O) groups excluding carboxylic acids is 1. The summed E-state index contributed by atoms with van der Waals surface area (Å²) in [7, 11) is -3.09. The lowest BCUT2D eigenvalue weighted by molar-refractivity contribution is -0.151. The van der Waals surface area contributed by atoms with Crippen LogP contribution in [0.4, 0.5) is 0 Å². The first-order chi connectivity index (χ1) is 8.14. The maximum absolute atomic E-state index is 11.5. The van der Waals surface area contributed by atoms with Gasteiger partial charge in [0, 0.05) is 0 Å². The Balaban J connectivity index is 2.44. The van der Waals surface area contributed by atoms with E-state index < -0.39 is 40.0 Å². The van der Waals surface area contributed by atoms with Gasteiger partial charge < -0.3 is 15.2 Å². The number of carboxylic acid groups (broad SMARTS) is 1. The molecule has 7 nitrogen and oxygen atoms in total. The molecule has 2 N–H and O–H groups in total. The Morgan fingerprint density at radius 2 is 2.11 bits per heavy atom. The third-order valence-corrected chi connectivity index (χ3v) is 4.66. The summed E-state index contributed by atoms with van der Waals surface area (Å²) in [5, 5.41) is 11.1. The van der Waals surface area contributed by atoms with Crippen LogP contribution < -0.4 is 5.32 Å². The minimum Gasteiger partial charge on any atom is -0.479 e. The molecule has 0 bridgehead atoms. The Morgan fingerprint density at radius 1 is 1.50 bits per heavy atom. The van der Waals surface area contributed by atoms with Crippen molar-refractivity contribution in [3.05, 3.63) is 0 Å². The maximum Gasteiger partial charge on any atom is 0.332 e. The number of hydrogen-bond donors (Lipinski definition) is 2. The van der Waals surface area contributed by atoms with Gasteiger partial charge in [-0.05, 0) is 20.3 Å². The van der Waals surface area contributed by atoms with Gasteiger partial charge in [0.05, 0.1) is 17.0 Å². The molecule has 1 unspecified atom stereocenters. The van der Waals surface area contributed by atoms with Crippen molar-refractivity contribution in [3.63, 3.8) is 0 Å². The average molecular weight is 279 g/mol. The van der Waals surface area contributed by atoms with Crippen molar-refractivity contribution < 1.29 is 27.9 Å². The van der Waals surface area contributed by atoms with E-state index in [1.54, 1.807) is 6.92 Å². The van der Waals surface area contributed by atoms with Gasteiger partial charge >= 0.3 is 5.97 Å². The molecule has 18 heavy (non-hydrogen) atoms. The Hall–Kier alpha value is -1.15. The second-order valence-corrected chi connectivity index (χ2v) is 6.93.